The van der Waals surface area contributed by atoms with Crippen LogP contribution in [0.5, 0.6) is 11.5 Å². The van der Waals surface area contributed by atoms with E-state index in [1.165, 1.54) is 36.8 Å². The van der Waals surface area contributed by atoms with E-state index in [0.29, 0.717) is 12.0 Å². The van der Waals surface area contributed by atoms with E-state index >= 15 is 0 Å². The summed E-state index contributed by atoms with van der Waals surface area (Å²) in [5, 5.41) is 4.11. The maximum atomic E-state index is 6.98. The molecule has 3 nitrogen and oxygen atoms in total. The van der Waals surface area contributed by atoms with Crippen molar-refractivity contribution in [1.29, 1.82) is 0 Å². The van der Waals surface area contributed by atoms with E-state index < -0.39 is 16.6 Å². The first-order valence-electron chi connectivity index (χ1n) is 13.9. The molecule has 1 aliphatic carbocycles. The Hall–Kier alpha value is -1.57. The molecule has 0 spiro atoms. The van der Waals surface area contributed by atoms with Crippen molar-refractivity contribution in [3.05, 3.63) is 59.7 Å². The van der Waals surface area contributed by atoms with E-state index in [0.717, 1.165) is 18.0 Å². The minimum atomic E-state index is -1.98. The van der Waals surface area contributed by atoms with Gasteiger partial charge >= 0.3 is 0 Å². The van der Waals surface area contributed by atoms with Gasteiger partial charge in [-0.3, -0.25) is 0 Å². The third kappa shape index (κ3) is 7.26. The first-order valence-corrected chi connectivity index (χ1v) is 19.7. The molecule has 0 bridgehead atoms. The van der Waals surface area contributed by atoms with E-state index in [-0.39, 0.29) is 10.1 Å². The fourth-order valence-corrected chi connectivity index (χ4v) is 6.40. The molecule has 3 rings (SSSR count). The van der Waals surface area contributed by atoms with Crippen LogP contribution in [-0.2, 0) is 6.54 Å². The lowest BCUT2D eigenvalue weighted by atomic mass is 9.81. The van der Waals surface area contributed by atoms with E-state index in [4.69, 9.17) is 8.85 Å². The molecule has 0 aromatic heterocycles. The summed E-state index contributed by atoms with van der Waals surface area (Å²) in [6.07, 6.45) is 4.81. The zero-order valence-corrected chi connectivity index (χ0v) is 26.6. The van der Waals surface area contributed by atoms with Gasteiger partial charge in [-0.15, -0.1) is 0 Å². The van der Waals surface area contributed by atoms with Gasteiger partial charge in [0.05, 0.1) is 0 Å². The number of rotatable bonds is 8. The van der Waals surface area contributed by atoms with Crippen LogP contribution in [0.15, 0.2) is 48.5 Å². The minimum Gasteiger partial charge on any atom is -0.543 e. The van der Waals surface area contributed by atoms with Crippen LogP contribution in [0.4, 0.5) is 0 Å². The quantitative estimate of drug-likeness (QED) is 0.348. The number of hydrogen-bond acceptors (Lipinski definition) is 3. The Morgan fingerprint density at radius 3 is 1.86 bits per heavy atom. The molecule has 2 aromatic carbocycles. The van der Waals surface area contributed by atoms with Gasteiger partial charge in [0.2, 0.25) is 16.6 Å². The van der Waals surface area contributed by atoms with Crippen molar-refractivity contribution in [2.75, 3.05) is 0 Å². The molecule has 0 amide bonds. The van der Waals surface area contributed by atoms with Crippen LogP contribution in [0.3, 0.4) is 0 Å². The van der Waals surface area contributed by atoms with Crippen LogP contribution in [0.25, 0.3) is 0 Å². The second kappa shape index (κ2) is 11.0. The Balaban J connectivity index is 1.78. The molecule has 0 saturated heterocycles. The third-order valence-corrected chi connectivity index (χ3v) is 17.6. The lowest BCUT2D eigenvalue weighted by Gasteiger charge is -2.39. The molecule has 0 heterocycles. The molecule has 5 heteroatoms. The Labute approximate surface area is 223 Å². The van der Waals surface area contributed by atoms with Crippen molar-refractivity contribution in [2.45, 2.75) is 122 Å². The summed E-state index contributed by atoms with van der Waals surface area (Å²) in [4.78, 5) is 0. The Bertz CT molecular complexity index is 982. The van der Waals surface area contributed by atoms with Crippen molar-refractivity contribution in [3.8, 4) is 11.5 Å². The Morgan fingerprint density at radius 1 is 0.750 bits per heavy atom. The molecule has 200 valence electrons. The van der Waals surface area contributed by atoms with Crippen molar-refractivity contribution >= 4 is 16.6 Å². The minimum absolute atomic E-state index is 0.152. The number of hydrogen-bond donors (Lipinski definition) is 1. The average molecular weight is 526 g/mol. The van der Waals surface area contributed by atoms with Gasteiger partial charge in [0.15, 0.2) is 0 Å². The molecule has 1 N–H and O–H groups in total. The highest BCUT2D eigenvalue weighted by molar-refractivity contribution is 6.75. The molecule has 1 aliphatic rings. The molecule has 0 aliphatic heterocycles. The van der Waals surface area contributed by atoms with Crippen LogP contribution >= 0.6 is 0 Å². The summed E-state index contributed by atoms with van der Waals surface area (Å²) < 4.78 is 13.7. The predicted octanol–water partition coefficient (Wildman–Crippen LogP) is 9.27. The summed E-state index contributed by atoms with van der Waals surface area (Å²) in [7, 11) is -3.90. The number of benzene rings is 2. The fraction of sp³-hybridized carbons (Fsp3) is 0.613. The van der Waals surface area contributed by atoms with E-state index in [1.807, 2.05) is 0 Å². The highest BCUT2D eigenvalue weighted by Crippen LogP contribution is 2.45. The molecule has 1 saturated carbocycles. The lowest BCUT2D eigenvalue weighted by Crippen LogP contribution is -2.44. The van der Waals surface area contributed by atoms with Crippen molar-refractivity contribution < 1.29 is 8.85 Å². The maximum Gasteiger partial charge on any atom is 0.250 e. The fourth-order valence-electron chi connectivity index (χ4n) is 4.35. The summed E-state index contributed by atoms with van der Waals surface area (Å²) in [6, 6.07) is 18.1. The molecule has 36 heavy (non-hydrogen) atoms. The van der Waals surface area contributed by atoms with Gasteiger partial charge in [-0.05, 0) is 85.1 Å². The topological polar surface area (TPSA) is 30.5 Å². The largest absolute Gasteiger partial charge is 0.543 e. The van der Waals surface area contributed by atoms with Crippen LogP contribution in [0, 0.1) is 0 Å². The van der Waals surface area contributed by atoms with Gasteiger partial charge in [-0.2, -0.15) is 0 Å². The first kappa shape index (κ1) is 29.0. The Kier molecular flexibility index (Phi) is 8.90. The smallest absolute Gasteiger partial charge is 0.250 e. The van der Waals surface area contributed by atoms with E-state index in [9.17, 15) is 0 Å². The highest BCUT2D eigenvalue weighted by atomic mass is 28.4. The molecular weight excluding hydrogens is 475 g/mol. The second-order valence-electron chi connectivity index (χ2n) is 13.8. The van der Waals surface area contributed by atoms with Crippen LogP contribution in [0.2, 0.25) is 36.3 Å². The molecule has 2 aromatic rings. The number of nitrogens with one attached hydrogen (secondary N) is 1. The zero-order valence-electron chi connectivity index (χ0n) is 24.6. The Morgan fingerprint density at radius 2 is 1.31 bits per heavy atom. The van der Waals surface area contributed by atoms with Crippen molar-refractivity contribution in [3.63, 3.8) is 0 Å². The van der Waals surface area contributed by atoms with E-state index in [1.54, 1.807) is 0 Å². The van der Waals surface area contributed by atoms with Crippen LogP contribution in [0.1, 0.15) is 84.3 Å². The third-order valence-electron chi connectivity index (χ3n) is 8.94. The molecular formula is C31H51NO2Si2. The predicted molar refractivity (Wildman–Crippen MR) is 160 cm³/mol. The summed E-state index contributed by atoms with van der Waals surface area (Å²) in [5.41, 5.74) is 2.74. The average Bonchev–Trinajstić information content (AvgIpc) is 2.77. The van der Waals surface area contributed by atoms with E-state index in [2.05, 4.69) is 122 Å². The van der Waals surface area contributed by atoms with Crippen LogP contribution < -0.4 is 14.2 Å². The molecule has 1 fully saturated rings. The van der Waals surface area contributed by atoms with Crippen molar-refractivity contribution in [1.82, 2.24) is 5.32 Å². The normalized spacial score (nSPS) is 19.7. The highest BCUT2D eigenvalue weighted by Gasteiger charge is 2.41. The van der Waals surface area contributed by atoms with Gasteiger partial charge in [-0.1, -0.05) is 77.9 Å². The molecule has 0 atom stereocenters. The maximum absolute atomic E-state index is 6.98. The summed E-state index contributed by atoms with van der Waals surface area (Å²) in [5.74, 6) is 2.58. The summed E-state index contributed by atoms with van der Waals surface area (Å²) in [6.45, 7) is 24.1. The monoisotopic (exact) mass is 525 g/mol. The van der Waals surface area contributed by atoms with Gasteiger partial charge in [0.1, 0.15) is 11.5 Å². The van der Waals surface area contributed by atoms with Crippen LogP contribution in [-0.4, -0.2) is 22.7 Å². The molecule has 0 radical (unpaired) electrons. The van der Waals surface area contributed by atoms with Gasteiger partial charge in [0.25, 0.3) is 0 Å². The first-order chi connectivity index (χ1) is 16.6. The van der Waals surface area contributed by atoms with Gasteiger partial charge < -0.3 is 14.2 Å². The van der Waals surface area contributed by atoms with Crippen molar-refractivity contribution in [2.24, 2.45) is 0 Å². The second-order valence-corrected chi connectivity index (χ2v) is 23.3. The zero-order chi connectivity index (χ0) is 26.8. The van der Waals surface area contributed by atoms with Gasteiger partial charge in [0, 0.05) is 18.7 Å². The molecule has 0 unspecified atom stereocenters. The lowest BCUT2D eigenvalue weighted by molar-refractivity contribution is 0.337. The van der Waals surface area contributed by atoms with Gasteiger partial charge in [-0.25, -0.2) is 0 Å². The summed E-state index contributed by atoms with van der Waals surface area (Å²) >= 11 is 0. The standard InChI is InChI=1S/C31H51NO2Si2/c1-30(2,3)35(7,8)33-27-20-21-28(29(22-27)34-36(9,10)31(4,5)6)25-16-18-26(19-17-25)32-23-24-14-12-11-13-15-24/h11-15,20-22,25-26,32H,16-19,23H2,1-10H3/t25-,26-. The SMILES string of the molecule is CC(C)(C)[Si](C)(C)Oc1ccc([C@H]2CC[C@H](NCc3ccccc3)CC2)c(O[Si](C)(C)C(C)(C)C)c1.